The Balaban J connectivity index is 3.01. The van der Waals surface area contributed by atoms with Crippen molar-refractivity contribution in [2.75, 3.05) is 6.61 Å². The summed E-state index contributed by atoms with van der Waals surface area (Å²) in [6.07, 6.45) is -4.36. The summed E-state index contributed by atoms with van der Waals surface area (Å²) in [7, 11) is 0. The third-order valence-corrected chi connectivity index (χ3v) is 3.58. The monoisotopic (exact) mass is 433 g/mol. The highest BCUT2D eigenvalue weighted by molar-refractivity contribution is 6.76. The van der Waals surface area contributed by atoms with E-state index in [2.05, 4.69) is 0 Å². The van der Waals surface area contributed by atoms with Crippen molar-refractivity contribution in [2.24, 2.45) is 0 Å². The van der Waals surface area contributed by atoms with Gasteiger partial charge in [0, 0.05) is 20.8 Å². The van der Waals surface area contributed by atoms with Gasteiger partial charge < -0.3 is 23.7 Å². The first-order valence-electron chi connectivity index (χ1n) is 7.35. The van der Waals surface area contributed by atoms with Crippen molar-refractivity contribution in [3.63, 3.8) is 0 Å². The first kappa shape index (κ1) is 22.8. The minimum absolute atomic E-state index is 0.114. The zero-order valence-corrected chi connectivity index (χ0v) is 16.4. The van der Waals surface area contributed by atoms with Crippen LogP contribution in [0.2, 0.25) is 0 Å². The van der Waals surface area contributed by atoms with Crippen LogP contribution in [-0.2, 0) is 38.1 Å². The zero-order chi connectivity index (χ0) is 20.1. The number of ether oxygens (including phenoxy) is 5. The second kappa shape index (κ2) is 9.59. The third kappa shape index (κ3) is 7.53. The lowest BCUT2D eigenvalue weighted by molar-refractivity contribution is -0.249. The van der Waals surface area contributed by atoms with Gasteiger partial charge in [-0.1, -0.05) is 34.8 Å². The molecule has 1 saturated heterocycles. The lowest BCUT2D eigenvalue weighted by Gasteiger charge is -2.40. The van der Waals surface area contributed by atoms with E-state index in [1.807, 2.05) is 0 Å². The highest BCUT2D eigenvalue weighted by Crippen LogP contribution is 2.32. The van der Waals surface area contributed by atoms with E-state index in [1.165, 1.54) is 13.8 Å². The standard InChI is InChI=1S/C14H18Cl3NO8/c1-6(19)22-5-10-12(24-8(3)21)9(23-7(2)20)4-11(25-10)26-13(18)14(15,16)17/h9-12,18H,4-5H2,1-3H3/t9-,10-,11?,12+/m1/s1. The number of alkyl halides is 3. The molecule has 0 amide bonds. The minimum Gasteiger partial charge on any atom is -0.463 e. The molecule has 0 spiro atoms. The van der Waals surface area contributed by atoms with Crippen molar-refractivity contribution in [1.29, 1.82) is 5.41 Å². The molecule has 0 saturated carbocycles. The molecular formula is C14H18Cl3NO8. The molecule has 1 fully saturated rings. The molecule has 0 bridgehead atoms. The van der Waals surface area contributed by atoms with Crippen molar-refractivity contribution >= 4 is 58.6 Å². The number of carbonyl (C=O) groups excluding carboxylic acids is 3. The van der Waals surface area contributed by atoms with E-state index >= 15 is 0 Å². The van der Waals surface area contributed by atoms with Crippen molar-refractivity contribution in [3.8, 4) is 0 Å². The summed E-state index contributed by atoms with van der Waals surface area (Å²) in [5, 5.41) is 7.61. The molecule has 0 aromatic carbocycles. The molecule has 4 atom stereocenters. The second-order valence-electron chi connectivity index (χ2n) is 5.31. The predicted octanol–water partition coefficient (Wildman–Crippen LogP) is 1.89. The molecule has 0 aliphatic carbocycles. The van der Waals surface area contributed by atoms with Gasteiger partial charge in [0.05, 0.1) is 6.42 Å². The second-order valence-corrected chi connectivity index (χ2v) is 7.59. The first-order chi connectivity index (χ1) is 11.9. The third-order valence-electron chi connectivity index (χ3n) is 3.06. The average molecular weight is 435 g/mol. The molecule has 1 aliphatic rings. The Morgan fingerprint density at radius 2 is 1.62 bits per heavy atom. The quantitative estimate of drug-likeness (QED) is 0.229. The van der Waals surface area contributed by atoms with Crippen LogP contribution in [0, 0.1) is 5.41 Å². The molecule has 1 rings (SSSR count). The van der Waals surface area contributed by atoms with Gasteiger partial charge in [-0.15, -0.1) is 0 Å². The lowest BCUT2D eigenvalue weighted by Crippen LogP contribution is -2.54. The fourth-order valence-corrected chi connectivity index (χ4v) is 2.30. The minimum atomic E-state index is -2.13. The van der Waals surface area contributed by atoms with Crippen LogP contribution in [0.1, 0.15) is 27.2 Å². The van der Waals surface area contributed by atoms with Crippen molar-refractivity contribution in [2.45, 2.75) is 55.6 Å². The molecular weight excluding hydrogens is 417 g/mol. The van der Waals surface area contributed by atoms with Gasteiger partial charge in [0.25, 0.3) is 3.79 Å². The van der Waals surface area contributed by atoms with E-state index in [1.54, 1.807) is 0 Å². The molecule has 1 aliphatic heterocycles. The molecule has 9 nitrogen and oxygen atoms in total. The molecule has 1 N–H and O–H groups in total. The van der Waals surface area contributed by atoms with Crippen LogP contribution in [0.25, 0.3) is 0 Å². The Morgan fingerprint density at radius 3 is 2.08 bits per heavy atom. The lowest BCUT2D eigenvalue weighted by atomic mass is 10.0. The van der Waals surface area contributed by atoms with E-state index < -0.39 is 52.2 Å². The summed E-state index contributed by atoms with van der Waals surface area (Å²) in [6.45, 7) is 3.20. The number of rotatable bonds is 5. The topological polar surface area (TPSA) is 121 Å². The molecule has 0 aromatic heterocycles. The van der Waals surface area contributed by atoms with Gasteiger partial charge in [-0.05, 0) is 0 Å². The molecule has 26 heavy (non-hydrogen) atoms. The Hall–Kier alpha value is -1.29. The molecule has 0 aromatic rings. The number of hydrogen-bond acceptors (Lipinski definition) is 9. The van der Waals surface area contributed by atoms with Gasteiger partial charge in [-0.2, -0.15) is 0 Å². The van der Waals surface area contributed by atoms with Crippen LogP contribution in [0.3, 0.4) is 0 Å². The van der Waals surface area contributed by atoms with Gasteiger partial charge >= 0.3 is 17.9 Å². The number of nitrogens with one attached hydrogen (secondary N) is 1. The van der Waals surface area contributed by atoms with Crippen molar-refractivity contribution in [1.82, 2.24) is 0 Å². The molecule has 1 unspecified atom stereocenters. The first-order valence-corrected chi connectivity index (χ1v) is 8.49. The average Bonchev–Trinajstić information content (AvgIpc) is 2.45. The normalized spacial score (nSPS) is 25.8. The largest absolute Gasteiger partial charge is 0.463 e. The number of esters is 3. The maximum Gasteiger partial charge on any atom is 0.303 e. The molecule has 1 heterocycles. The van der Waals surface area contributed by atoms with Crippen LogP contribution in [0.5, 0.6) is 0 Å². The predicted molar refractivity (Wildman–Crippen MR) is 90.1 cm³/mol. The van der Waals surface area contributed by atoms with Crippen LogP contribution >= 0.6 is 34.8 Å². The van der Waals surface area contributed by atoms with E-state index in [9.17, 15) is 14.4 Å². The van der Waals surface area contributed by atoms with Gasteiger partial charge in [-0.3, -0.25) is 19.8 Å². The summed E-state index contributed by atoms with van der Waals surface area (Å²) >= 11 is 16.7. The van der Waals surface area contributed by atoms with E-state index in [4.69, 9.17) is 63.9 Å². The summed E-state index contributed by atoms with van der Waals surface area (Å²) in [5.74, 6) is -2.62. The Morgan fingerprint density at radius 1 is 1.04 bits per heavy atom. The van der Waals surface area contributed by atoms with Crippen molar-refractivity contribution in [3.05, 3.63) is 0 Å². The summed E-state index contributed by atoms with van der Waals surface area (Å²) in [5.41, 5.74) is 0. The van der Waals surface area contributed by atoms with Crippen LogP contribution in [0.4, 0.5) is 0 Å². The van der Waals surface area contributed by atoms with Gasteiger partial charge in [0.1, 0.15) is 18.8 Å². The summed E-state index contributed by atoms with van der Waals surface area (Å²) < 4.78 is 23.8. The number of carbonyl (C=O) groups is 3. The van der Waals surface area contributed by atoms with E-state index in [0.29, 0.717) is 0 Å². The Labute approximate surface area is 164 Å². The Kier molecular flexibility index (Phi) is 8.39. The maximum atomic E-state index is 11.4. The van der Waals surface area contributed by atoms with Gasteiger partial charge in [-0.25, -0.2) is 0 Å². The van der Waals surface area contributed by atoms with E-state index in [-0.39, 0.29) is 13.0 Å². The number of hydrogen-bond donors (Lipinski definition) is 1. The van der Waals surface area contributed by atoms with Crippen molar-refractivity contribution < 1.29 is 38.1 Å². The van der Waals surface area contributed by atoms with Crippen LogP contribution in [-0.4, -0.2) is 58.8 Å². The van der Waals surface area contributed by atoms with Crippen LogP contribution < -0.4 is 0 Å². The molecule has 12 heteroatoms. The number of halogens is 3. The highest BCUT2D eigenvalue weighted by Gasteiger charge is 2.45. The SMILES string of the molecule is CC(=O)OC[C@H]1OC(OC(=N)C(Cl)(Cl)Cl)C[C@@H](OC(C)=O)[C@@H]1OC(C)=O. The van der Waals surface area contributed by atoms with Gasteiger partial charge in [0.2, 0.25) is 12.2 Å². The fourth-order valence-electron chi connectivity index (χ4n) is 2.17. The Bertz CT molecular complexity index is 565. The highest BCUT2D eigenvalue weighted by atomic mass is 35.6. The van der Waals surface area contributed by atoms with Gasteiger partial charge in [0.15, 0.2) is 6.10 Å². The molecule has 148 valence electrons. The smallest absolute Gasteiger partial charge is 0.303 e. The maximum absolute atomic E-state index is 11.4. The zero-order valence-electron chi connectivity index (χ0n) is 14.1. The van der Waals surface area contributed by atoms with E-state index in [0.717, 1.165) is 6.92 Å². The molecule has 0 radical (unpaired) electrons. The fraction of sp³-hybridized carbons (Fsp3) is 0.714. The van der Waals surface area contributed by atoms with Crippen LogP contribution in [0.15, 0.2) is 0 Å². The summed E-state index contributed by atoms with van der Waals surface area (Å²) in [4.78, 5) is 33.8. The summed E-state index contributed by atoms with van der Waals surface area (Å²) in [6, 6.07) is 0.